The van der Waals surface area contributed by atoms with E-state index in [0.717, 1.165) is 15.6 Å². The van der Waals surface area contributed by atoms with Gasteiger partial charge in [-0.3, -0.25) is 9.59 Å². The van der Waals surface area contributed by atoms with Gasteiger partial charge in [-0.05, 0) is 42.8 Å². The predicted octanol–water partition coefficient (Wildman–Crippen LogP) is 6.37. The minimum atomic E-state index is -0.279. The third kappa shape index (κ3) is 4.01. The first-order chi connectivity index (χ1) is 14.0. The molecule has 1 heterocycles. The molecule has 4 rings (SSSR count). The van der Waals surface area contributed by atoms with Gasteiger partial charge in [-0.15, -0.1) is 11.3 Å². The van der Waals surface area contributed by atoms with Crippen LogP contribution in [0.25, 0.3) is 10.1 Å². The van der Waals surface area contributed by atoms with Crippen molar-refractivity contribution >= 4 is 56.2 Å². The summed E-state index contributed by atoms with van der Waals surface area (Å²) in [5.74, 6) is -0.474. The molecule has 29 heavy (non-hydrogen) atoms. The monoisotopic (exact) mass is 420 g/mol. The van der Waals surface area contributed by atoms with Crippen LogP contribution in [0.2, 0.25) is 5.02 Å². The lowest BCUT2D eigenvalue weighted by Gasteiger charge is -2.10. The van der Waals surface area contributed by atoms with E-state index in [1.807, 2.05) is 49.4 Å². The Balaban J connectivity index is 1.53. The first kappa shape index (κ1) is 19.2. The second kappa shape index (κ2) is 8.07. The number of nitrogens with one attached hydrogen (secondary N) is 2. The van der Waals surface area contributed by atoms with Gasteiger partial charge in [0.15, 0.2) is 0 Å². The molecule has 0 saturated heterocycles. The van der Waals surface area contributed by atoms with Crippen LogP contribution in [0.1, 0.15) is 25.6 Å². The summed E-state index contributed by atoms with van der Waals surface area (Å²) in [6, 6.07) is 22.1. The van der Waals surface area contributed by atoms with Gasteiger partial charge >= 0.3 is 0 Å². The first-order valence-electron chi connectivity index (χ1n) is 8.98. The second-order valence-electron chi connectivity index (χ2n) is 6.55. The average Bonchev–Trinajstić information content (AvgIpc) is 3.05. The van der Waals surface area contributed by atoms with Gasteiger partial charge in [-0.1, -0.05) is 54.1 Å². The van der Waals surface area contributed by atoms with Crippen LogP contribution in [0.5, 0.6) is 0 Å². The summed E-state index contributed by atoms with van der Waals surface area (Å²) in [5.41, 5.74) is 2.68. The lowest BCUT2D eigenvalue weighted by Crippen LogP contribution is -2.14. The average molecular weight is 421 g/mol. The molecule has 4 aromatic rings. The van der Waals surface area contributed by atoms with Crippen molar-refractivity contribution in [3.8, 4) is 0 Å². The molecule has 0 unspecified atom stereocenters. The molecular formula is C23H17ClN2O2S. The molecular weight excluding hydrogens is 404 g/mol. The zero-order valence-corrected chi connectivity index (χ0v) is 17.1. The third-order valence-electron chi connectivity index (χ3n) is 4.51. The molecule has 0 spiro atoms. The number of amides is 2. The highest BCUT2D eigenvalue weighted by molar-refractivity contribution is 7.21. The van der Waals surface area contributed by atoms with Gasteiger partial charge in [-0.25, -0.2) is 0 Å². The normalized spacial score (nSPS) is 10.7. The van der Waals surface area contributed by atoms with E-state index in [-0.39, 0.29) is 11.8 Å². The third-order valence-corrected chi connectivity index (χ3v) is 6.18. The van der Waals surface area contributed by atoms with Gasteiger partial charge in [0.25, 0.3) is 11.8 Å². The fraction of sp³-hybridized carbons (Fsp3) is 0.0435. The molecule has 3 aromatic carbocycles. The summed E-state index contributed by atoms with van der Waals surface area (Å²) in [6.45, 7) is 1.89. The Kier molecular flexibility index (Phi) is 5.34. The van der Waals surface area contributed by atoms with Crippen LogP contribution in [-0.4, -0.2) is 11.8 Å². The van der Waals surface area contributed by atoms with Gasteiger partial charge in [0.1, 0.15) is 4.88 Å². The Bertz CT molecular complexity index is 1230. The van der Waals surface area contributed by atoms with Crippen molar-refractivity contribution in [2.45, 2.75) is 6.92 Å². The number of halogens is 1. The first-order valence-corrected chi connectivity index (χ1v) is 10.2. The maximum absolute atomic E-state index is 12.7. The zero-order chi connectivity index (χ0) is 20.4. The molecule has 0 aliphatic heterocycles. The number of aryl methyl sites for hydroxylation is 1. The highest BCUT2D eigenvalue weighted by Crippen LogP contribution is 2.35. The smallest absolute Gasteiger partial charge is 0.267 e. The van der Waals surface area contributed by atoms with Crippen molar-refractivity contribution in [2.75, 3.05) is 10.6 Å². The van der Waals surface area contributed by atoms with E-state index in [1.54, 1.807) is 30.3 Å². The summed E-state index contributed by atoms with van der Waals surface area (Å²) < 4.78 is 0.960. The Morgan fingerprint density at radius 1 is 0.828 bits per heavy atom. The number of anilines is 2. The van der Waals surface area contributed by atoms with Crippen LogP contribution in [0.15, 0.2) is 72.8 Å². The quantitative estimate of drug-likeness (QED) is 0.403. The number of carbonyl (C=O) groups excluding carboxylic acids is 2. The van der Waals surface area contributed by atoms with Crippen molar-refractivity contribution in [1.82, 2.24) is 0 Å². The van der Waals surface area contributed by atoms with Crippen molar-refractivity contribution in [3.05, 3.63) is 93.8 Å². The predicted molar refractivity (Wildman–Crippen MR) is 120 cm³/mol. The fourth-order valence-corrected chi connectivity index (χ4v) is 4.46. The molecule has 0 saturated carbocycles. The SMILES string of the molecule is Cc1ccccc1C(=O)Nc1cccc(NC(=O)c2sc3ccccc3c2Cl)c1. The van der Waals surface area contributed by atoms with E-state index in [1.165, 1.54) is 11.3 Å². The van der Waals surface area contributed by atoms with Crippen LogP contribution in [0.4, 0.5) is 11.4 Å². The number of fused-ring (bicyclic) bond motifs is 1. The molecule has 4 nitrogen and oxygen atoms in total. The number of benzene rings is 3. The lowest BCUT2D eigenvalue weighted by molar-refractivity contribution is 0.102. The minimum Gasteiger partial charge on any atom is -0.322 e. The van der Waals surface area contributed by atoms with E-state index >= 15 is 0 Å². The summed E-state index contributed by atoms with van der Waals surface area (Å²) >= 11 is 7.74. The van der Waals surface area contributed by atoms with Crippen molar-refractivity contribution in [2.24, 2.45) is 0 Å². The highest BCUT2D eigenvalue weighted by Gasteiger charge is 2.17. The molecule has 0 aliphatic rings. The Morgan fingerprint density at radius 2 is 1.48 bits per heavy atom. The maximum atomic E-state index is 12.7. The van der Waals surface area contributed by atoms with E-state index in [0.29, 0.717) is 26.8 Å². The molecule has 1 aromatic heterocycles. The van der Waals surface area contributed by atoms with Crippen LogP contribution < -0.4 is 10.6 Å². The second-order valence-corrected chi connectivity index (χ2v) is 7.98. The van der Waals surface area contributed by atoms with E-state index in [2.05, 4.69) is 10.6 Å². The fourth-order valence-electron chi connectivity index (χ4n) is 3.05. The summed E-state index contributed by atoms with van der Waals surface area (Å²) in [7, 11) is 0. The number of rotatable bonds is 4. The maximum Gasteiger partial charge on any atom is 0.267 e. The Labute approximate surface area is 177 Å². The minimum absolute atomic E-state index is 0.195. The van der Waals surface area contributed by atoms with Crippen molar-refractivity contribution < 1.29 is 9.59 Å². The van der Waals surface area contributed by atoms with Gasteiger partial charge in [0.2, 0.25) is 0 Å². The molecule has 0 radical (unpaired) electrons. The van der Waals surface area contributed by atoms with Gasteiger partial charge < -0.3 is 10.6 Å². The number of hydrogen-bond donors (Lipinski definition) is 2. The van der Waals surface area contributed by atoms with Gasteiger partial charge in [-0.2, -0.15) is 0 Å². The van der Waals surface area contributed by atoms with Crippen molar-refractivity contribution in [3.63, 3.8) is 0 Å². The molecule has 2 N–H and O–H groups in total. The number of carbonyl (C=O) groups is 2. The van der Waals surface area contributed by atoms with E-state index < -0.39 is 0 Å². The van der Waals surface area contributed by atoms with Crippen LogP contribution >= 0.6 is 22.9 Å². The Hall–Kier alpha value is -3.15. The molecule has 0 atom stereocenters. The molecule has 0 bridgehead atoms. The highest BCUT2D eigenvalue weighted by atomic mass is 35.5. The molecule has 0 fully saturated rings. The summed E-state index contributed by atoms with van der Waals surface area (Å²) in [4.78, 5) is 25.7. The van der Waals surface area contributed by atoms with Crippen LogP contribution in [-0.2, 0) is 0 Å². The number of thiophene rings is 1. The molecule has 6 heteroatoms. The van der Waals surface area contributed by atoms with Gasteiger partial charge in [0, 0.05) is 27.0 Å². The van der Waals surface area contributed by atoms with Crippen molar-refractivity contribution in [1.29, 1.82) is 0 Å². The largest absolute Gasteiger partial charge is 0.322 e. The zero-order valence-electron chi connectivity index (χ0n) is 15.5. The standard InChI is InChI=1S/C23H17ClN2O2S/c1-14-7-2-3-10-17(14)22(27)25-15-8-6-9-16(13-15)26-23(28)21-20(24)18-11-4-5-12-19(18)29-21/h2-13H,1H3,(H,25,27)(H,26,28). The molecule has 0 aliphatic carbocycles. The van der Waals surface area contributed by atoms with E-state index in [4.69, 9.17) is 11.6 Å². The van der Waals surface area contributed by atoms with E-state index in [9.17, 15) is 9.59 Å². The lowest BCUT2D eigenvalue weighted by atomic mass is 10.1. The summed E-state index contributed by atoms with van der Waals surface area (Å²) in [6.07, 6.45) is 0. The number of hydrogen-bond acceptors (Lipinski definition) is 3. The topological polar surface area (TPSA) is 58.2 Å². The van der Waals surface area contributed by atoms with Crippen LogP contribution in [0, 0.1) is 6.92 Å². The Morgan fingerprint density at radius 3 is 2.21 bits per heavy atom. The van der Waals surface area contributed by atoms with Gasteiger partial charge in [0.05, 0.1) is 5.02 Å². The molecule has 144 valence electrons. The molecule has 2 amide bonds. The summed E-state index contributed by atoms with van der Waals surface area (Å²) in [5, 5.41) is 7.05. The van der Waals surface area contributed by atoms with Crippen LogP contribution in [0.3, 0.4) is 0 Å².